The third-order valence-electron chi connectivity index (χ3n) is 10.7. The van der Waals surface area contributed by atoms with E-state index in [-0.39, 0.29) is 42.9 Å². The number of rotatable bonds is 32. The summed E-state index contributed by atoms with van der Waals surface area (Å²) in [5.41, 5.74) is 12.7. The fourth-order valence-electron chi connectivity index (χ4n) is 6.95. The summed E-state index contributed by atoms with van der Waals surface area (Å²) in [5.74, 6) is -11.2. The van der Waals surface area contributed by atoms with Crippen LogP contribution in [0.5, 0.6) is 5.75 Å². The summed E-state index contributed by atoms with van der Waals surface area (Å²) in [6.45, 7) is 7.78. The highest BCUT2D eigenvalue weighted by Gasteiger charge is 2.35. The lowest BCUT2D eigenvalue weighted by atomic mass is 9.99. The molecule has 0 aromatic heterocycles. The smallest absolute Gasteiger partial charge is 0.481 e. The molecular weight excluding hydrogens is 966 g/mol. The van der Waals surface area contributed by atoms with Gasteiger partial charge in [0.1, 0.15) is 42.0 Å². The van der Waals surface area contributed by atoms with Crippen LogP contribution in [-0.2, 0) is 65.4 Å². The molecule has 1 unspecified atom stereocenters. The lowest BCUT2D eigenvalue weighted by Gasteiger charge is -2.28. The summed E-state index contributed by atoms with van der Waals surface area (Å²) in [7, 11) is -4.96. The Hall–Kier alpha value is -6.95. The molecule has 0 radical (unpaired) electrons. The second-order valence-corrected chi connectivity index (χ2v) is 18.9. The van der Waals surface area contributed by atoms with Crippen LogP contribution >= 0.6 is 7.82 Å². The number of nitrogens with two attached hydrogens (primary N) is 2. The third kappa shape index (κ3) is 23.3. The fraction of sp³-hybridized carbons (Fsp3) is 0.522. The Balaban J connectivity index is 2.43. The van der Waals surface area contributed by atoms with Crippen LogP contribution in [0.15, 0.2) is 54.6 Å². The quantitative estimate of drug-likeness (QED) is 0.0391. The first-order valence-corrected chi connectivity index (χ1v) is 24.7. The van der Waals surface area contributed by atoms with Gasteiger partial charge in [0.15, 0.2) is 0 Å². The largest absolute Gasteiger partial charge is 0.524 e. The van der Waals surface area contributed by atoms with E-state index in [2.05, 4.69) is 41.7 Å². The zero-order chi connectivity index (χ0) is 54.3. The minimum absolute atomic E-state index is 0.0556. The van der Waals surface area contributed by atoms with Gasteiger partial charge >= 0.3 is 19.8 Å². The minimum Gasteiger partial charge on any atom is -0.481 e. The number of amides is 8. The molecule has 25 nitrogen and oxygen atoms in total. The Morgan fingerprint density at radius 2 is 1.19 bits per heavy atom. The highest BCUT2D eigenvalue weighted by atomic mass is 31.2. The van der Waals surface area contributed by atoms with Crippen molar-refractivity contribution in [3.63, 3.8) is 0 Å². The van der Waals surface area contributed by atoms with E-state index in [1.165, 1.54) is 24.3 Å². The number of benzene rings is 2. The van der Waals surface area contributed by atoms with E-state index >= 15 is 0 Å². The molecule has 0 saturated carbocycles. The van der Waals surface area contributed by atoms with Crippen LogP contribution in [0.4, 0.5) is 0 Å². The number of carbonyl (C=O) groups is 10. The zero-order valence-corrected chi connectivity index (χ0v) is 41.6. The number of hydrogen-bond donors (Lipinski definition) is 13. The maximum Gasteiger partial charge on any atom is 0.524 e. The molecule has 398 valence electrons. The van der Waals surface area contributed by atoms with Gasteiger partial charge in [-0.1, -0.05) is 89.9 Å². The number of carbonyl (C=O) groups excluding carboxylic acids is 8. The molecule has 2 rings (SSSR count). The Morgan fingerprint density at radius 1 is 0.639 bits per heavy atom. The second-order valence-electron chi connectivity index (χ2n) is 17.8. The molecule has 0 aliphatic rings. The number of phosphoric ester groups is 1. The van der Waals surface area contributed by atoms with Gasteiger partial charge in [-0.25, -0.2) is 9.36 Å². The van der Waals surface area contributed by atoms with Gasteiger partial charge in [-0.2, -0.15) is 0 Å². The Kier molecular flexibility index (Phi) is 25.5. The van der Waals surface area contributed by atoms with Crippen LogP contribution in [0, 0.1) is 11.8 Å². The lowest BCUT2D eigenvalue weighted by Crippen LogP contribution is -2.60. The van der Waals surface area contributed by atoms with Crippen LogP contribution in [0.1, 0.15) is 90.7 Å². The zero-order valence-electron chi connectivity index (χ0n) is 40.8. The number of carboxylic acids is 2. The number of carboxylic acid groups (broad SMARTS) is 2. The summed E-state index contributed by atoms with van der Waals surface area (Å²) in [6, 6.07) is 4.12. The predicted molar refractivity (Wildman–Crippen MR) is 258 cm³/mol. The summed E-state index contributed by atoms with van der Waals surface area (Å²) < 4.78 is 16.0. The monoisotopic (exact) mass is 1030 g/mol. The highest BCUT2D eigenvalue weighted by Crippen LogP contribution is 2.37. The molecule has 26 heteroatoms. The molecule has 0 heterocycles. The number of nitrogens with one attached hydrogen (secondary N) is 7. The van der Waals surface area contributed by atoms with Crippen LogP contribution in [0.3, 0.4) is 0 Å². The van der Waals surface area contributed by atoms with E-state index in [0.29, 0.717) is 12.8 Å². The van der Waals surface area contributed by atoms with Crippen molar-refractivity contribution in [1.29, 1.82) is 0 Å². The summed E-state index contributed by atoms with van der Waals surface area (Å²) in [4.78, 5) is 149. The van der Waals surface area contributed by atoms with E-state index in [9.17, 15) is 67.4 Å². The van der Waals surface area contributed by atoms with Gasteiger partial charge in [-0.05, 0) is 60.8 Å². The van der Waals surface area contributed by atoms with Crippen molar-refractivity contribution in [3.05, 3.63) is 65.7 Å². The summed E-state index contributed by atoms with van der Waals surface area (Å²) in [5, 5.41) is 35.4. The van der Waals surface area contributed by atoms with Gasteiger partial charge in [-0.15, -0.1) is 0 Å². The summed E-state index contributed by atoms with van der Waals surface area (Å²) in [6.07, 6.45) is -1.06. The molecule has 0 fully saturated rings. The molecule has 2 aromatic rings. The van der Waals surface area contributed by atoms with Crippen molar-refractivity contribution in [2.75, 3.05) is 6.54 Å². The molecule has 0 bridgehead atoms. The standard InChI is InChI=1S/C46H68N9O16P/c1-6-7-13-31(51-45(65)39(26(4)5)55-40(60)30(47)21-27-11-9-8-10-12-27)42(62)53-34(22-28-14-16-29(17-15-28)71-72(68,69)70)43(63)54-35(23-36(48)56)44(64)52-33(20-25(2)3)41(61)49-24-37(57)50-32(46(66)67)18-19-38(58)59/h8-12,14-17,25-26,30-35,39H,6-7,13,18-24,47H2,1-5H3,(H2,48,56)(H,49,61)(H,50,57)(H,51,65)(H,52,64)(H,53,62)(H,54,63)(H,55,60)(H,58,59)(H,66,67)(H2,68,69,70)/t30-,31?,32-,33-,34-,35-,39-/m0/s1. The van der Waals surface area contributed by atoms with Crippen molar-refractivity contribution in [2.24, 2.45) is 23.3 Å². The van der Waals surface area contributed by atoms with E-state index < -0.39 is 141 Å². The average molecular weight is 1030 g/mol. The van der Waals surface area contributed by atoms with Gasteiger partial charge in [0.05, 0.1) is 19.0 Å². The van der Waals surface area contributed by atoms with E-state index in [4.69, 9.17) is 16.6 Å². The summed E-state index contributed by atoms with van der Waals surface area (Å²) >= 11 is 0. The number of phosphoric acid groups is 1. The first-order valence-electron chi connectivity index (χ1n) is 23.1. The molecule has 0 spiro atoms. The van der Waals surface area contributed by atoms with Gasteiger partial charge in [0.2, 0.25) is 47.3 Å². The van der Waals surface area contributed by atoms with Crippen LogP contribution in [0.2, 0.25) is 0 Å². The van der Waals surface area contributed by atoms with Crippen molar-refractivity contribution >= 4 is 67.0 Å². The fourth-order valence-corrected chi connectivity index (χ4v) is 7.35. The molecular formula is C46H68N9O16P. The number of primary amides is 1. The normalized spacial score (nSPS) is 14.2. The molecule has 0 saturated heterocycles. The maximum absolute atomic E-state index is 14.3. The van der Waals surface area contributed by atoms with E-state index in [1.807, 2.05) is 13.0 Å². The van der Waals surface area contributed by atoms with Crippen LogP contribution < -0.4 is 53.2 Å². The Bertz CT molecular complexity index is 2240. The first kappa shape index (κ1) is 61.2. The molecule has 7 atom stereocenters. The average Bonchev–Trinajstić information content (AvgIpc) is 3.28. The van der Waals surface area contributed by atoms with Crippen LogP contribution in [0.25, 0.3) is 0 Å². The number of hydrogen-bond acceptors (Lipinski definition) is 13. The molecule has 8 amide bonds. The SMILES string of the molecule is CCCCC(NC(=O)[C@@H](NC(=O)[C@@H](N)Cc1ccccc1)C(C)C)C(=O)N[C@@H](Cc1ccc(OP(=O)(O)O)cc1)C(=O)N[C@@H](CC(N)=O)C(=O)N[C@@H](CC(C)C)C(=O)NCC(=O)N[C@@H](CCC(=O)O)C(=O)O. The Labute approximate surface area is 416 Å². The maximum atomic E-state index is 14.3. The lowest BCUT2D eigenvalue weighted by molar-refractivity contribution is -0.143. The topological polar surface area (TPSA) is 414 Å². The van der Waals surface area contributed by atoms with Gasteiger partial charge in [0.25, 0.3) is 0 Å². The van der Waals surface area contributed by atoms with Crippen molar-refractivity contribution in [3.8, 4) is 5.75 Å². The molecule has 0 aliphatic heterocycles. The second kappa shape index (κ2) is 30.0. The molecule has 0 aliphatic carbocycles. The van der Waals surface area contributed by atoms with Gasteiger partial charge in [-0.3, -0.25) is 52.9 Å². The van der Waals surface area contributed by atoms with Gasteiger partial charge in [0, 0.05) is 12.8 Å². The highest BCUT2D eigenvalue weighted by molar-refractivity contribution is 7.46. The number of unbranched alkanes of at least 4 members (excludes halogenated alkanes) is 1. The first-order chi connectivity index (χ1) is 33.7. The van der Waals surface area contributed by atoms with Crippen molar-refractivity contribution in [2.45, 2.75) is 135 Å². The predicted octanol–water partition coefficient (Wildman–Crippen LogP) is -0.987. The minimum atomic E-state index is -4.96. The Morgan fingerprint density at radius 3 is 1.74 bits per heavy atom. The van der Waals surface area contributed by atoms with Crippen LogP contribution in [-0.4, -0.2) is 128 Å². The third-order valence-corrected chi connectivity index (χ3v) is 11.1. The van der Waals surface area contributed by atoms with E-state index in [1.54, 1.807) is 52.0 Å². The van der Waals surface area contributed by atoms with Crippen molar-refractivity contribution < 1.29 is 77.0 Å². The number of aliphatic carboxylic acids is 2. The molecule has 72 heavy (non-hydrogen) atoms. The molecule has 15 N–H and O–H groups in total. The van der Waals surface area contributed by atoms with Crippen molar-refractivity contribution in [1.82, 2.24) is 37.2 Å². The molecule has 2 aromatic carbocycles. The van der Waals surface area contributed by atoms with Gasteiger partial charge < -0.3 is 63.4 Å². The van der Waals surface area contributed by atoms with E-state index in [0.717, 1.165) is 5.56 Å².